The second kappa shape index (κ2) is 9.14. The van der Waals surface area contributed by atoms with E-state index < -0.39 is 16.0 Å². The van der Waals surface area contributed by atoms with Gasteiger partial charge in [-0.2, -0.15) is 4.31 Å². The van der Waals surface area contributed by atoms with Crippen molar-refractivity contribution in [3.05, 3.63) is 29.3 Å². The van der Waals surface area contributed by atoms with Crippen LogP contribution in [0.15, 0.2) is 23.1 Å². The second-order valence-corrected chi connectivity index (χ2v) is 8.24. The molecule has 0 atom stereocenters. The van der Waals surface area contributed by atoms with Crippen LogP contribution in [0.1, 0.15) is 50.0 Å². The van der Waals surface area contributed by atoms with E-state index in [4.69, 9.17) is 5.11 Å². The maximum Gasteiger partial charge on any atom is 0.305 e. The van der Waals surface area contributed by atoms with Gasteiger partial charge in [-0.05, 0) is 38.5 Å². The van der Waals surface area contributed by atoms with Crippen molar-refractivity contribution in [2.75, 3.05) is 19.6 Å². The second-order valence-electron chi connectivity index (χ2n) is 6.30. The molecule has 0 saturated carbocycles. The Morgan fingerprint density at radius 1 is 1.15 bits per heavy atom. The zero-order valence-corrected chi connectivity index (χ0v) is 16.8. The van der Waals surface area contributed by atoms with Gasteiger partial charge < -0.3 is 10.0 Å². The van der Waals surface area contributed by atoms with Gasteiger partial charge in [-0.1, -0.05) is 19.9 Å². The average molecular weight is 384 g/mol. The van der Waals surface area contributed by atoms with Gasteiger partial charge in [-0.15, -0.1) is 0 Å². The van der Waals surface area contributed by atoms with Crippen molar-refractivity contribution in [1.29, 1.82) is 0 Å². The number of sulfonamides is 1. The Labute approximate surface area is 155 Å². The first-order chi connectivity index (χ1) is 12.1. The topological polar surface area (TPSA) is 95.0 Å². The van der Waals surface area contributed by atoms with Crippen LogP contribution in [0.5, 0.6) is 0 Å². The van der Waals surface area contributed by atoms with Crippen LogP contribution in [0.2, 0.25) is 0 Å². The minimum absolute atomic E-state index is 0.0668. The Morgan fingerprint density at radius 3 is 2.19 bits per heavy atom. The number of carboxylic acid groups (broad SMARTS) is 1. The summed E-state index contributed by atoms with van der Waals surface area (Å²) in [5, 5.41) is 8.89. The van der Waals surface area contributed by atoms with Crippen LogP contribution in [0, 0.1) is 6.92 Å². The zero-order valence-electron chi connectivity index (χ0n) is 16.0. The molecule has 26 heavy (non-hydrogen) atoms. The van der Waals surface area contributed by atoms with Gasteiger partial charge in [0, 0.05) is 31.2 Å². The molecule has 1 amide bonds. The molecule has 0 heterocycles. The number of carboxylic acids is 1. The fraction of sp³-hybridized carbons (Fsp3) is 0.556. The monoisotopic (exact) mass is 384 g/mol. The van der Waals surface area contributed by atoms with Crippen LogP contribution in [0.4, 0.5) is 0 Å². The molecule has 0 fully saturated rings. The fourth-order valence-electron chi connectivity index (χ4n) is 2.67. The van der Waals surface area contributed by atoms with Crippen molar-refractivity contribution in [3.63, 3.8) is 0 Å². The summed E-state index contributed by atoms with van der Waals surface area (Å²) in [5.41, 5.74) is 0.923. The largest absolute Gasteiger partial charge is 0.481 e. The Morgan fingerprint density at radius 2 is 1.73 bits per heavy atom. The molecule has 146 valence electrons. The molecule has 1 aromatic carbocycles. The first-order valence-electron chi connectivity index (χ1n) is 8.69. The lowest BCUT2D eigenvalue weighted by Gasteiger charge is -2.27. The summed E-state index contributed by atoms with van der Waals surface area (Å²) in [6.45, 7) is 9.59. The van der Waals surface area contributed by atoms with E-state index in [9.17, 15) is 18.0 Å². The van der Waals surface area contributed by atoms with Crippen molar-refractivity contribution < 1.29 is 23.1 Å². The fourth-order valence-corrected chi connectivity index (χ4v) is 4.15. The van der Waals surface area contributed by atoms with Crippen molar-refractivity contribution in [3.8, 4) is 0 Å². The van der Waals surface area contributed by atoms with Crippen LogP contribution in [-0.4, -0.2) is 60.3 Å². The highest BCUT2D eigenvalue weighted by Gasteiger charge is 2.26. The predicted molar refractivity (Wildman–Crippen MR) is 99.7 cm³/mol. The van der Waals surface area contributed by atoms with Crippen molar-refractivity contribution >= 4 is 21.9 Å². The zero-order chi connectivity index (χ0) is 20.1. The smallest absolute Gasteiger partial charge is 0.305 e. The molecule has 1 aromatic rings. The van der Waals surface area contributed by atoms with Crippen LogP contribution < -0.4 is 0 Å². The minimum Gasteiger partial charge on any atom is -0.481 e. The molecule has 0 bridgehead atoms. The van der Waals surface area contributed by atoms with E-state index >= 15 is 0 Å². The van der Waals surface area contributed by atoms with E-state index in [-0.39, 0.29) is 35.4 Å². The van der Waals surface area contributed by atoms with E-state index in [2.05, 4.69) is 0 Å². The SMILES string of the molecule is CCN(CC)S(=O)(=O)c1ccc(C)c(C(=O)N(CCC(=O)O)C(C)C)c1. The summed E-state index contributed by atoms with van der Waals surface area (Å²) in [5.74, 6) is -1.35. The van der Waals surface area contributed by atoms with Crippen molar-refractivity contribution in [1.82, 2.24) is 9.21 Å². The van der Waals surface area contributed by atoms with Gasteiger partial charge in [-0.3, -0.25) is 9.59 Å². The average Bonchev–Trinajstić information content (AvgIpc) is 2.55. The number of hydrogen-bond acceptors (Lipinski definition) is 4. The molecule has 0 aromatic heterocycles. The van der Waals surface area contributed by atoms with Gasteiger partial charge >= 0.3 is 5.97 Å². The number of aliphatic carboxylic acids is 1. The predicted octanol–water partition coefficient (Wildman–Crippen LogP) is 2.35. The molecule has 0 spiro atoms. The van der Waals surface area contributed by atoms with Crippen LogP contribution in [-0.2, 0) is 14.8 Å². The third-order valence-electron chi connectivity index (χ3n) is 4.23. The lowest BCUT2D eigenvalue weighted by molar-refractivity contribution is -0.137. The number of carbonyl (C=O) groups excluding carboxylic acids is 1. The summed E-state index contributed by atoms with van der Waals surface area (Å²) in [6.07, 6.45) is -0.166. The maximum atomic E-state index is 12.9. The van der Waals surface area contributed by atoms with E-state index in [1.165, 1.54) is 21.3 Å². The van der Waals surface area contributed by atoms with Gasteiger partial charge in [0.05, 0.1) is 11.3 Å². The third-order valence-corrected chi connectivity index (χ3v) is 6.28. The van der Waals surface area contributed by atoms with Crippen LogP contribution in [0.3, 0.4) is 0 Å². The highest BCUT2D eigenvalue weighted by atomic mass is 32.2. The summed E-state index contributed by atoms with van der Waals surface area (Å²) in [6, 6.07) is 4.29. The Hall–Kier alpha value is -1.93. The molecule has 0 saturated heterocycles. The number of benzene rings is 1. The standard InChI is InChI=1S/C18H28N2O5S/c1-6-19(7-2)26(24,25)15-9-8-14(5)16(12-15)18(23)20(13(3)4)11-10-17(21)22/h8-9,12-13H,6-7,10-11H2,1-5H3,(H,21,22). The molecule has 0 radical (unpaired) electrons. The Balaban J connectivity index is 3.31. The first kappa shape index (κ1) is 22.1. The lowest BCUT2D eigenvalue weighted by atomic mass is 10.1. The summed E-state index contributed by atoms with van der Waals surface area (Å²) < 4.78 is 26.8. The Bertz CT molecular complexity index is 755. The highest BCUT2D eigenvalue weighted by Crippen LogP contribution is 2.21. The van der Waals surface area contributed by atoms with E-state index in [1.807, 2.05) is 0 Å². The summed E-state index contributed by atoms with van der Waals surface area (Å²) in [4.78, 5) is 25.3. The van der Waals surface area contributed by atoms with E-state index in [1.54, 1.807) is 40.7 Å². The number of carbonyl (C=O) groups is 2. The van der Waals surface area contributed by atoms with Gasteiger partial charge in [0.15, 0.2) is 0 Å². The molecule has 8 heteroatoms. The molecular weight excluding hydrogens is 356 g/mol. The first-order valence-corrected chi connectivity index (χ1v) is 10.1. The van der Waals surface area contributed by atoms with E-state index in [0.29, 0.717) is 18.7 Å². The van der Waals surface area contributed by atoms with Crippen LogP contribution >= 0.6 is 0 Å². The number of amides is 1. The summed E-state index contributed by atoms with van der Waals surface area (Å²) >= 11 is 0. The Kier molecular flexibility index (Phi) is 7.77. The van der Waals surface area contributed by atoms with Crippen molar-refractivity contribution in [2.45, 2.75) is 52.0 Å². The lowest BCUT2D eigenvalue weighted by Crippen LogP contribution is -2.39. The van der Waals surface area contributed by atoms with Gasteiger partial charge in [-0.25, -0.2) is 8.42 Å². The third kappa shape index (κ3) is 5.04. The molecule has 7 nitrogen and oxygen atoms in total. The number of aryl methyl sites for hydroxylation is 1. The number of hydrogen-bond donors (Lipinski definition) is 1. The molecule has 0 unspecified atom stereocenters. The quantitative estimate of drug-likeness (QED) is 0.705. The van der Waals surface area contributed by atoms with Crippen LogP contribution in [0.25, 0.3) is 0 Å². The molecule has 0 aliphatic rings. The van der Waals surface area contributed by atoms with Gasteiger partial charge in [0.1, 0.15) is 0 Å². The van der Waals surface area contributed by atoms with E-state index in [0.717, 1.165) is 0 Å². The van der Waals surface area contributed by atoms with Gasteiger partial charge in [0.25, 0.3) is 5.91 Å². The molecule has 0 aliphatic carbocycles. The minimum atomic E-state index is -3.68. The maximum absolute atomic E-state index is 12.9. The number of rotatable bonds is 9. The van der Waals surface area contributed by atoms with Gasteiger partial charge in [0.2, 0.25) is 10.0 Å². The number of nitrogens with zero attached hydrogens (tertiary/aromatic N) is 2. The summed E-state index contributed by atoms with van der Waals surface area (Å²) in [7, 11) is -3.68. The molecule has 1 N–H and O–H groups in total. The van der Waals surface area contributed by atoms with Crippen molar-refractivity contribution in [2.24, 2.45) is 0 Å². The molecule has 1 rings (SSSR count). The molecular formula is C18H28N2O5S. The molecule has 0 aliphatic heterocycles. The normalized spacial score (nSPS) is 11.8. The highest BCUT2D eigenvalue weighted by molar-refractivity contribution is 7.89.